The molecule has 1 atom stereocenters. The van der Waals surface area contributed by atoms with Crippen LogP contribution in [0.5, 0.6) is 0 Å². The highest BCUT2D eigenvalue weighted by atomic mass is 19.3. The monoisotopic (exact) mass is 251 g/mol. The molecular formula is C11H19F2NO3. The molecule has 1 rings (SSSR count). The lowest BCUT2D eigenvalue weighted by molar-refractivity contribution is -0.122. The van der Waals surface area contributed by atoms with Crippen LogP contribution in [0.15, 0.2) is 0 Å². The van der Waals surface area contributed by atoms with Crippen LogP contribution in [0.2, 0.25) is 0 Å². The van der Waals surface area contributed by atoms with E-state index in [-0.39, 0.29) is 19.8 Å². The SMILES string of the molecule is CC(C)(C)OC(=O)N1CCOCC1C(C)(F)F. The smallest absolute Gasteiger partial charge is 0.410 e. The summed E-state index contributed by atoms with van der Waals surface area (Å²) in [5, 5.41) is 0. The largest absolute Gasteiger partial charge is 0.444 e. The molecule has 0 aromatic carbocycles. The maximum Gasteiger partial charge on any atom is 0.410 e. The Kier molecular flexibility index (Phi) is 3.96. The van der Waals surface area contributed by atoms with Crippen LogP contribution in [0.1, 0.15) is 27.7 Å². The molecule has 1 fully saturated rings. The zero-order valence-electron chi connectivity index (χ0n) is 10.6. The van der Waals surface area contributed by atoms with Gasteiger partial charge in [-0.15, -0.1) is 0 Å². The molecule has 1 amide bonds. The third-order valence-electron chi connectivity index (χ3n) is 2.34. The van der Waals surface area contributed by atoms with Crippen molar-refractivity contribution in [3.8, 4) is 0 Å². The third-order valence-corrected chi connectivity index (χ3v) is 2.34. The summed E-state index contributed by atoms with van der Waals surface area (Å²) < 4.78 is 36.7. The van der Waals surface area contributed by atoms with Crippen molar-refractivity contribution in [3.05, 3.63) is 0 Å². The second kappa shape index (κ2) is 4.76. The Morgan fingerprint density at radius 3 is 2.41 bits per heavy atom. The van der Waals surface area contributed by atoms with Gasteiger partial charge in [0.1, 0.15) is 11.6 Å². The molecule has 0 aromatic rings. The van der Waals surface area contributed by atoms with E-state index in [1.165, 1.54) is 0 Å². The Hall–Kier alpha value is -0.910. The van der Waals surface area contributed by atoms with Crippen molar-refractivity contribution in [2.24, 2.45) is 0 Å². The van der Waals surface area contributed by atoms with Crippen molar-refractivity contribution in [1.82, 2.24) is 4.90 Å². The molecule has 0 saturated carbocycles. The van der Waals surface area contributed by atoms with Gasteiger partial charge in [-0.1, -0.05) is 0 Å². The third kappa shape index (κ3) is 4.11. The van der Waals surface area contributed by atoms with Gasteiger partial charge >= 0.3 is 6.09 Å². The number of ether oxygens (including phenoxy) is 2. The molecule has 100 valence electrons. The van der Waals surface area contributed by atoms with E-state index < -0.39 is 23.7 Å². The van der Waals surface area contributed by atoms with Gasteiger partial charge in [-0.25, -0.2) is 13.6 Å². The Labute approximate surface area is 99.9 Å². The molecule has 0 aromatic heterocycles. The minimum absolute atomic E-state index is 0.128. The number of nitrogens with zero attached hydrogens (tertiary/aromatic N) is 1. The van der Waals surface area contributed by atoms with Gasteiger partial charge in [-0.05, 0) is 20.8 Å². The fraction of sp³-hybridized carbons (Fsp3) is 0.909. The van der Waals surface area contributed by atoms with E-state index in [4.69, 9.17) is 9.47 Å². The van der Waals surface area contributed by atoms with E-state index >= 15 is 0 Å². The molecule has 1 aliphatic rings. The van der Waals surface area contributed by atoms with Gasteiger partial charge in [0.25, 0.3) is 5.92 Å². The van der Waals surface area contributed by atoms with Crippen molar-refractivity contribution in [2.75, 3.05) is 19.8 Å². The highest BCUT2D eigenvalue weighted by Gasteiger charge is 2.44. The molecule has 6 heteroatoms. The number of morpholine rings is 1. The summed E-state index contributed by atoms with van der Waals surface area (Å²) in [5.74, 6) is -3.00. The maximum absolute atomic E-state index is 13.3. The van der Waals surface area contributed by atoms with Gasteiger partial charge in [-0.3, -0.25) is 4.90 Å². The minimum Gasteiger partial charge on any atom is -0.444 e. The van der Waals surface area contributed by atoms with Crippen LogP contribution in [0.3, 0.4) is 0 Å². The van der Waals surface area contributed by atoms with E-state index in [1.54, 1.807) is 20.8 Å². The Morgan fingerprint density at radius 2 is 1.94 bits per heavy atom. The molecule has 0 aliphatic carbocycles. The molecule has 1 aliphatic heterocycles. The molecule has 0 radical (unpaired) electrons. The normalized spacial score (nSPS) is 22.5. The number of hydrogen-bond donors (Lipinski definition) is 0. The summed E-state index contributed by atoms with van der Waals surface area (Å²) in [6.45, 7) is 6.10. The average molecular weight is 251 g/mol. The van der Waals surface area contributed by atoms with Crippen molar-refractivity contribution >= 4 is 6.09 Å². The quantitative estimate of drug-likeness (QED) is 0.717. The zero-order chi connectivity index (χ0) is 13.3. The first kappa shape index (κ1) is 14.2. The highest BCUT2D eigenvalue weighted by Crippen LogP contribution is 2.26. The fourth-order valence-electron chi connectivity index (χ4n) is 1.56. The van der Waals surface area contributed by atoms with Crippen molar-refractivity contribution in [3.63, 3.8) is 0 Å². The van der Waals surface area contributed by atoms with Crippen LogP contribution >= 0.6 is 0 Å². The molecule has 1 heterocycles. The number of carbonyl (C=O) groups excluding carboxylic acids is 1. The van der Waals surface area contributed by atoms with E-state index in [0.717, 1.165) is 11.8 Å². The first-order chi connectivity index (χ1) is 7.61. The predicted octanol–water partition coefficient (Wildman–Crippen LogP) is 2.28. The van der Waals surface area contributed by atoms with E-state index in [9.17, 15) is 13.6 Å². The summed E-state index contributed by atoms with van der Waals surface area (Å²) in [6, 6.07) is -1.26. The number of halogens is 2. The topological polar surface area (TPSA) is 38.8 Å². The van der Waals surface area contributed by atoms with Crippen molar-refractivity contribution < 1.29 is 23.0 Å². The van der Waals surface area contributed by atoms with Gasteiger partial charge in [0.05, 0.1) is 13.2 Å². The van der Waals surface area contributed by atoms with Crippen LogP contribution in [0.25, 0.3) is 0 Å². The Bertz CT molecular complexity index is 283. The molecule has 0 bridgehead atoms. The predicted molar refractivity (Wildman–Crippen MR) is 58.2 cm³/mol. The molecule has 0 N–H and O–H groups in total. The highest BCUT2D eigenvalue weighted by molar-refractivity contribution is 5.68. The molecule has 0 spiro atoms. The summed E-state index contributed by atoms with van der Waals surface area (Å²) >= 11 is 0. The summed E-state index contributed by atoms with van der Waals surface area (Å²) in [4.78, 5) is 12.8. The number of carbonyl (C=O) groups is 1. The van der Waals surface area contributed by atoms with Crippen LogP contribution < -0.4 is 0 Å². The van der Waals surface area contributed by atoms with Gasteiger partial charge in [0, 0.05) is 13.5 Å². The molecule has 1 saturated heterocycles. The first-order valence-corrected chi connectivity index (χ1v) is 5.56. The van der Waals surface area contributed by atoms with Crippen LogP contribution in [0, 0.1) is 0 Å². The average Bonchev–Trinajstić information content (AvgIpc) is 2.13. The van der Waals surface area contributed by atoms with Crippen LogP contribution in [-0.4, -0.2) is 48.3 Å². The maximum atomic E-state index is 13.3. The van der Waals surface area contributed by atoms with E-state index in [0.29, 0.717) is 0 Å². The molecular weight excluding hydrogens is 232 g/mol. The van der Waals surface area contributed by atoms with Gasteiger partial charge in [0.15, 0.2) is 0 Å². The lowest BCUT2D eigenvalue weighted by Gasteiger charge is -2.38. The standard InChI is InChI=1S/C11H19F2NO3/c1-10(2,3)17-9(15)14-5-6-16-7-8(14)11(4,12)13/h8H,5-7H2,1-4H3. The second-order valence-electron chi connectivity index (χ2n) is 5.22. The van der Waals surface area contributed by atoms with E-state index in [1.807, 2.05) is 0 Å². The van der Waals surface area contributed by atoms with Crippen molar-refractivity contribution in [2.45, 2.75) is 45.3 Å². The van der Waals surface area contributed by atoms with Gasteiger partial charge in [0.2, 0.25) is 0 Å². The Morgan fingerprint density at radius 1 is 1.35 bits per heavy atom. The Balaban J connectivity index is 2.75. The van der Waals surface area contributed by atoms with Crippen molar-refractivity contribution in [1.29, 1.82) is 0 Å². The minimum atomic E-state index is -3.00. The number of alkyl halides is 2. The summed E-state index contributed by atoms with van der Waals surface area (Å²) in [5.41, 5.74) is -0.692. The van der Waals surface area contributed by atoms with Gasteiger partial charge < -0.3 is 9.47 Å². The molecule has 4 nitrogen and oxygen atoms in total. The number of amides is 1. The summed E-state index contributed by atoms with van der Waals surface area (Å²) in [7, 11) is 0. The number of hydrogen-bond acceptors (Lipinski definition) is 3. The fourth-order valence-corrected chi connectivity index (χ4v) is 1.56. The van der Waals surface area contributed by atoms with Crippen LogP contribution in [0.4, 0.5) is 13.6 Å². The number of rotatable bonds is 1. The zero-order valence-corrected chi connectivity index (χ0v) is 10.6. The lowest BCUT2D eigenvalue weighted by atomic mass is 10.1. The first-order valence-electron chi connectivity index (χ1n) is 5.56. The second-order valence-corrected chi connectivity index (χ2v) is 5.22. The van der Waals surface area contributed by atoms with Crippen LogP contribution in [-0.2, 0) is 9.47 Å². The molecule has 1 unspecified atom stereocenters. The van der Waals surface area contributed by atoms with E-state index in [2.05, 4.69) is 0 Å². The summed E-state index contributed by atoms with van der Waals surface area (Å²) in [6.07, 6.45) is -0.715. The lowest BCUT2D eigenvalue weighted by Crippen LogP contribution is -2.57. The van der Waals surface area contributed by atoms with Gasteiger partial charge in [-0.2, -0.15) is 0 Å². The molecule has 17 heavy (non-hydrogen) atoms.